The molecule has 2 fully saturated rings. The molecule has 1 N–H and O–H groups in total. The van der Waals surface area contributed by atoms with Gasteiger partial charge in [-0.05, 0) is 26.7 Å². The van der Waals surface area contributed by atoms with E-state index in [0.717, 1.165) is 25.9 Å². The molecule has 2 aliphatic rings. The van der Waals surface area contributed by atoms with Gasteiger partial charge in [-0.3, -0.25) is 0 Å². The van der Waals surface area contributed by atoms with Gasteiger partial charge in [-0.15, -0.1) is 0 Å². The largest absolute Gasteiger partial charge is 0.395 e. The number of carbonyl (C=O) groups excluding carboxylic acids is 1. The van der Waals surface area contributed by atoms with E-state index >= 15 is 0 Å². The monoisotopic (exact) mass is 242 g/mol. The fraction of sp³-hybridized carbons (Fsp3) is 0.917. The van der Waals surface area contributed by atoms with Crippen LogP contribution in [0.2, 0.25) is 0 Å². The summed E-state index contributed by atoms with van der Waals surface area (Å²) in [6.45, 7) is 6.12. The Morgan fingerprint density at radius 3 is 2.35 bits per heavy atom. The van der Waals surface area contributed by atoms with Crippen molar-refractivity contribution in [1.82, 2.24) is 9.80 Å². The predicted octanol–water partition coefficient (Wildman–Crippen LogP) is 0.674. The number of ether oxygens (including phenoxy) is 1. The number of amides is 2. The zero-order valence-corrected chi connectivity index (χ0v) is 10.9. The Morgan fingerprint density at radius 1 is 1.41 bits per heavy atom. The molecule has 5 nitrogen and oxygen atoms in total. The van der Waals surface area contributed by atoms with Crippen molar-refractivity contribution in [1.29, 1.82) is 0 Å². The lowest BCUT2D eigenvalue weighted by Gasteiger charge is -2.34. The number of likely N-dealkylation sites (tertiary alicyclic amines) is 1. The summed E-state index contributed by atoms with van der Waals surface area (Å²) < 4.78 is 5.78. The van der Waals surface area contributed by atoms with E-state index in [1.807, 2.05) is 4.90 Å². The van der Waals surface area contributed by atoms with E-state index in [1.165, 1.54) is 0 Å². The van der Waals surface area contributed by atoms with E-state index in [4.69, 9.17) is 9.84 Å². The highest BCUT2D eigenvalue weighted by molar-refractivity contribution is 5.74. The SMILES string of the molecule is CN(CCO)C(=O)N1CCC2(CC1)OC2(C)C. The molecule has 2 amide bonds. The normalized spacial score (nSPS) is 24.8. The second-order valence-corrected chi connectivity index (χ2v) is 5.52. The molecule has 0 aromatic rings. The van der Waals surface area contributed by atoms with E-state index in [2.05, 4.69) is 13.8 Å². The summed E-state index contributed by atoms with van der Waals surface area (Å²) in [6, 6.07) is 0.00681. The number of carbonyl (C=O) groups is 1. The number of likely N-dealkylation sites (N-methyl/N-ethyl adjacent to an activating group) is 1. The summed E-state index contributed by atoms with van der Waals surface area (Å²) >= 11 is 0. The molecule has 5 heteroatoms. The molecule has 0 bridgehead atoms. The maximum atomic E-state index is 12.0. The number of hydrogen-bond acceptors (Lipinski definition) is 3. The maximum Gasteiger partial charge on any atom is 0.319 e. The van der Waals surface area contributed by atoms with Gasteiger partial charge in [0.05, 0.1) is 12.2 Å². The average molecular weight is 242 g/mol. The van der Waals surface area contributed by atoms with Crippen LogP contribution in [0.15, 0.2) is 0 Å². The third kappa shape index (κ3) is 2.13. The molecule has 0 aromatic heterocycles. The fourth-order valence-corrected chi connectivity index (χ4v) is 2.71. The van der Waals surface area contributed by atoms with Crippen LogP contribution < -0.4 is 0 Å². The Balaban J connectivity index is 1.85. The summed E-state index contributed by atoms with van der Waals surface area (Å²) in [6.07, 6.45) is 1.83. The predicted molar refractivity (Wildman–Crippen MR) is 63.8 cm³/mol. The van der Waals surface area contributed by atoms with E-state index in [-0.39, 0.29) is 23.8 Å². The van der Waals surface area contributed by atoms with Crippen LogP contribution >= 0.6 is 0 Å². The van der Waals surface area contributed by atoms with Gasteiger partial charge in [0, 0.05) is 26.7 Å². The van der Waals surface area contributed by atoms with Crippen LogP contribution in [0.5, 0.6) is 0 Å². The minimum absolute atomic E-state index is 0.00681. The second kappa shape index (κ2) is 4.14. The lowest BCUT2D eigenvalue weighted by Crippen LogP contribution is -2.48. The number of urea groups is 1. The van der Waals surface area contributed by atoms with Crippen molar-refractivity contribution in [2.24, 2.45) is 0 Å². The van der Waals surface area contributed by atoms with Crippen LogP contribution in [0.1, 0.15) is 26.7 Å². The summed E-state index contributed by atoms with van der Waals surface area (Å²) in [4.78, 5) is 15.4. The van der Waals surface area contributed by atoms with Gasteiger partial charge in [-0.2, -0.15) is 0 Å². The molecule has 0 aromatic carbocycles. The summed E-state index contributed by atoms with van der Waals surface area (Å²) in [5, 5.41) is 8.81. The molecule has 0 aliphatic carbocycles. The number of hydrogen-bond donors (Lipinski definition) is 1. The molecule has 1 spiro atoms. The quantitative estimate of drug-likeness (QED) is 0.724. The van der Waals surface area contributed by atoms with Crippen molar-refractivity contribution in [3.05, 3.63) is 0 Å². The molecule has 0 unspecified atom stereocenters. The standard InChI is InChI=1S/C12H22N2O3/c1-11(2)12(17-11)4-6-14(7-5-12)10(16)13(3)8-9-15/h15H,4-9H2,1-3H3. The van der Waals surface area contributed by atoms with E-state index < -0.39 is 0 Å². The van der Waals surface area contributed by atoms with Gasteiger partial charge < -0.3 is 19.6 Å². The Labute approximate surface area is 102 Å². The Bertz CT molecular complexity index is 309. The van der Waals surface area contributed by atoms with Gasteiger partial charge >= 0.3 is 6.03 Å². The highest BCUT2D eigenvalue weighted by atomic mass is 16.6. The molecular weight excluding hydrogens is 220 g/mol. The summed E-state index contributed by atoms with van der Waals surface area (Å²) in [5.41, 5.74) is -0.00152. The molecule has 17 heavy (non-hydrogen) atoms. The number of piperidine rings is 1. The number of epoxide rings is 1. The molecule has 0 radical (unpaired) electrons. The number of rotatable bonds is 2. The van der Waals surface area contributed by atoms with Gasteiger partial charge in [0.1, 0.15) is 5.60 Å². The molecule has 2 rings (SSSR count). The van der Waals surface area contributed by atoms with Gasteiger partial charge in [0.2, 0.25) is 0 Å². The molecule has 98 valence electrons. The van der Waals surface area contributed by atoms with Crippen molar-refractivity contribution < 1.29 is 14.6 Å². The highest BCUT2D eigenvalue weighted by Crippen LogP contribution is 2.53. The lowest BCUT2D eigenvalue weighted by molar-refractivity contribution is 0.120. The minimum Gasteiger partial charge on any atom is -0.395 e. The van der Waals surface area contributed by atoms with Crippen LogP contribution in [0.4, 0.5) is 4.79 Å². The van der Waals surface area contributed by atoms with E-state index in [1.54, 1.807) is 11.9 Å². The third-order valence-electron chi connectivity index (χ3n) is 4.11. The van der Waals surface area contributed by atoms with Crippen LogP contribution in [-0.2, 0) is 4.74 Å². The Kier molecular flexibility index (Phi) is 3.08. The van der Waals surface area contributed by atoms with Gasteiger partial charge in [0.25, 0.3) is 0 Å². The number of aliphatic hydroxyl groups excluding tert-OH is 1. The van der Waals surface area contributed by atoms with Crippen molar-refractivity contribution in [2.45, 2.75) is 37.9 Å². The second-order valence-electron chi connectivity index (χ2n) is 5.52. The van der Waals surface area contributed by atoms with Crippen molar-refractivity contribution in [2.75, 3.05) is 33.3 Å². The molecule has 2 heterocycles. The maximum absolute atomic E-state index is 12.0. The first-order valence-electron chi connectivity index (χ1n) is 6.23. The highest BCUT2D eigenvalue weighted by Gasteiger charge is 2.64. The van der Waals surface area contributed by atoms with Crippen molar-refractivity contribution in [3.8, 4) is 0 Å². The van der Waals surface area contributed by atoms with E-state index in [0.29, 0.717) is 6.54 Å². The van der Waals surface area contributed by atoms with Gasteiger partial charge in [0.15, 0.2) is 0 Å². The topological polar surface area (TPSA) is 56.3 Å². The zero-order chi connectivity index (χ0) is 12.7. The number of aliphatic hydroxyl groups is 1. The molecule has 0 atom stereocenters. The van der Waals surface area contributed by atoms with Gasteiger partial charge in [-0.25, -0.2) is 4.79 Å². The first-order chi connectivity index (χ1) is 7.92. The fourth-order valence-electron chi connectivity index (χ4n) is 2.71. The number of nitrogens with zero attached hydrogens (tertiary/aromatic N) is 2. The smallest absolute Gasteiger partial charge is 0.319 e. The molecule has 2 aliphatic heterocycles. The lowest BCUT2D eigenvalue weighted by atomic mass is 9.87. The van der Waals surface area contributed by atoms with Crippen LogP contribution in [-0.4, -0.2) is 65.4 Å². The van der Waals surface area contributed by atoms with Gasteiger partial charge in [-0.1, -0.05) is 0 Å². The first kappa shape index (κ1) is 12.6. The third-order valence-corrected chi connectivity index (χ3v) is 4.11. The van der Waals surface area contributed by atoms with Crippen LogP contribution in [0.3, 0.4) is 0 Å². The summed E-state index contributed by atoms with van der Waals surface area (Å²) in [5.74, 6) is 0. The molecular formula is C12H22N2O3. The average Bonchev–Trinajstić information content (AvgIpc) is 2.80. The Hall–Kier alpha value is -0.810. The van der Waals surface area contributed by atoms with Crippen LogP contribution in [0, 0.1) is 0 Å². The molecule has 2 saturated heterocycles. The Morgan fingerprint density at radius 2 is 1.94 bits per heavy atom. The van der Waals surface area contributed by atoms with Crippen molar-refractivity contribution >= 4 is 6.03 Å². The molecule has 0 saturated carbocycles. The van der Waals surface area contributed by atoms with E-state index in [9.17, 15) is 4.79 Å². The first-order valence-corrected chi connectivity index (χ1v) is 6.23. The zero-order valence-electron chi connectivity index (χ0n) is 10.9. The van der Waals surface area contributed by atoms with Crippen LogP contribution in [0.25, 0.3) is 0 Å². The summed E-state index contributed by atoms with van der Waals surface area (Å²) in [7, 11) is 1.72. The van der Waals surface area contributed by atoms with Crippen molar-refractivity contribution in [3.63, 3.8) is 0 Å². The minimum atomic E-state index is -0.0147.